The van der Waals surface area contributed by atoms with Crippen molar-refractivity contribution in [2.45, 2.75) is 12.8 Å². The van der Waals surface area contributed by atoms with Crippen molar-refractivity contribution in [3.8, 4) is 0 Å². The van der Waals surface area contributed by atoms with Crippen molar-refractivity contribution in [1.29, 1.82) is 0 Å². The van der Waals surface area contributed by atoms with Crippen molar-refractivity contribution in [2.75, 3.05) is 12.3 Å². The monoisotopic (exact) mass is 120 g/mol. The van der Waals surface area contributed by atoms with Gasteiger partial charge in [-0.05, 0) is 12.8 Å². The zero-order valence-corrected chi connectivity index (χ0v) is 5.03. The molecule has 1 heterocycles. The molecule has 2 nitrogen and oxygen atoms in total. The molecule has 0 radical (unpaired) electrons. The van der Waals surface area contributed by atoms with Crippen molar-refractivity contribution in [3.63, 3.8) is 0 Å². The van der Waals surface area contributed by atoms with Crippen LogP contribution in [0.3, 0.4) is 0 Å². The van der Waals surface area contributed by atoms with Gasteiger partial charge in [0.05, 0.1) is 0 Å². The van der Waals surface area contributed by atoms with E-state index in [-0.39, 0.29) is 0 Å². The van der Waals surface area contributed by atoms with E-state index in [9.17, 15) is 4.57 Å². The van der Waals surface area contributed by atoms with Crippen LogP contribution in [0.25, 0.3) is 0 Å². The molecule has 0 amide bonds. The van der Waals surface area contributed by atoms with E-state index >= 15 is 0 Å². The maximum Gasteiger partial charge on any atom is 0.200 e. The molecule has 0 spiro atoms. The maximum absolute atomic E-state index is 10.6. The van der Waals surface area contributed by atoms with Crippen LogP contribution < -0.4 is 0 Å². The highest BCUT2D eigenvalue weighted by molar-refractivity contribution is 7.58. The minimum atomic E-state index is -2.54. The molecule has 1 fully saturated rings. The van der Waals surface area contributed by atoms with Gasteiger partial charge in [0.2, 0.25) is 7.37 Å². The van der Waals surface area contributed by atoms with E-state index in [0.717, 1.165) is 12.8 Å². The van der Waals surface area contributed by atoms with Crippen LogP contribution in [-0.4, -0.2) is 17.2 Å². The zero-order valence-electron chi connectivity index (χ0n) is 4.13. The molecule has 0 bridgehead atoms. The van der Waals surface area contributed by atoms with Gasteiger partial charge >= 0.3 is 0 Å². The van der Waals surface area contributed by atoms with Crippen LogP contribution in [0.2, 0.25) is 0 Å². The quantitative estimate of drug-likeness (QED) is 0.485. The van der Waals surface area contributed by atoms with Gasteiger partial charge < -0.3 is 4.89 Å². The number of rotatable bonds is 0. The lowest BCUT2D eigenvalue weighted by Crippen LogP contribution is -1.76. The fourth-order valence-corrected chi connectivity index (χ4v) is 2.49. The average molecular weight is 120 g/mol. The summed E-state index contributed by atoms with van der Waals surface area (Å²) in [5.74, 6) is 0. The Morgan fingerprint density at radius 3 is 1.86 bits per heavy atom. The highest BCUT2D eigenvalue weighted by Crippen LogP contribution is 2.47. The van der Waals surface area contributed by atoms with Crippen molar-refractivity contribution < 1.29 is 9.46 Å². The summed E-state index contributed by atoms with van der Waals surface area (Å²) >= 11 is 0. The Hall–Kier alpha value is 0.190. The van der Waals surface area contributed by atoms with Gasteiger partial charge in [-0.3, -0.25) is 4.57 Å². The molecule has 3 heteroatoms. The molecule has 1 N–H and O–H groups in total. The lowest BCUT2D eigenvalue weighted by atomic mass is 10.4. The van der Waals surface area contributed by atoms with Gasteiger partial charge in [0.15, 0.2) is 0 Å². The summed E-state index contributed by atoms with van der Waals surface area (Å²) in [6.45, 7) is 0. The highest BCUT2D eigenvalue weighted by atomic mass is 31.2. The molecule has 0 unspecified atom stereocenters. The van der Waals surface area contributed by atoms with E-state index in [1.165, 1.54) is 0 Å². The second-order valence-corrected chi connectivity index (χ2v) is 4.59. The Morgan fingerprint density at radius 1 is 1.29 bits per heavy atom. The van der Waals surface area contributed by atoms with Gasteiger partial charge in [0.25, 0.3) is 0 Å². The van der Waals surface area contributed by atoms with Crippen LogP contribution in [0.5, 0.6) is 0 Å². The first-order valence-corrected chi connectivity index (χ1v) is 4.55. The van der Waals surface area contributed by atoms with Crippen LogP contribution in [0.1, 0.15) is 12.8 Å². The smallest absolute Gasteiger partial charge is 0.200 e. The molecule has 0 aromatic carbocycles. The van der Waals surface area contributed by atoms with Gasteiger partial charge in [-0.15, -0.1) is 0 Å². The van der Waals surface area contributed by atoms with Crippen LogP contribution in [-0.2, 0) is 4.57 Å². The van der Waals surface area contributed by atoms with Gasteiger partial charge in [0.1, 0.15) is 0 Å². The number of hydrogen-bond acceptors (Lipinski definition) is 1. The third-order valence-corrected chi connectivity index (χ3v) is 3.30. The minimum Gasteiger partial charge on any atom is -0.344 e. The van der Waals surface area contributed by atoms with Crippen LogP contribution in [0, 0.1) is 0 Å². The molecule has 0 saturated carbocycles. The normalized spacial score (nSPS) is 28.1. The Kier molecular flexibility index (Phi) is 1.22. The Labute approximate surface area is 43.0 Å². The molecular formula is C4H9O2P. The van der Waals surface area contributed by atoms with Gasteiger partial charge in [-0.2, -0.15) is 0 Å². The first kappa shape index (κ1) is 5.33. The first-order valence-electron chi connectivity index (χ1n) is 2.52. The van der Waals surface area contributed by atoms with Crippen molar-refractivity contribution in [3.05, 3.63) is 0 Å². The molecule has 1 aliphatic rings. The van der Waals surface area contributed by atoms with Crippen LogP contribution in [0.15, 0.2) is 0 Å². The average Bonchev–Trinajstić information content (AvgIpc) is 1.84. The second-order valence-electron chi connectivity index (χ2n) is 2.00. The van der Waals surface area contributed by atoms with Crippen LogP contribution >= 0.6 is 7.37 Å². The summed E-state index contributed by atoms with van der Waals surface area (Å²) in [7, 11) is -2.54. The molecule has 7 heavy (non-hydrogen) atoms. The standard InChI is InChI=1S/C4H9O2P/c5-7(6)3-1-2-4-7/h1-4H2,(H,5,6). The van der Waals surface area contributed by atoms with E-state index < -0.39 is 7.37 Å². The van der Waals surface area contributed by atoms with E-state index in [1.54, 1.807) is 0 Å². The largest absolute Gasteiger partial charge is 0.344 e. The SMILES string of the molecule is O=P1(O)CCCC1. The van der Waals surface area contributed by atoms with Crippen LogP contribution in [0.4, 0.5) is 0 Å². The van der Waals surface area contributed by atoms with Gasteiger partial charge in [0, 0.05) is 12.3 Å². The van der Waals surface area contributed by atoms with E-state index in [0.29, 0.717) is 12.3 Å². The second kappa shape index (κ2) is 1.61. The van der Waals surface area contributed by atoms with Crippen molar-refractivity contribution in [2.24, 2.45) is 0 Å². The fraction of sp³-hybridized carbons (Fsp3) is 1.00. The molecule has 0 atom stereocenters. The summed E-state index contributed by atoms with van der Waals surface area (Å²) in [6, 6.07) is 0. The van der Waals surface area contributed by atoms with E-state index in [2.05, 4.69) is 0 Å². The van der Waals surface area contributed by atoms with Gasteiger partial charge in [-0.25, -0.2) is 0 Å². The summed E-state index contributed by atoms with van der Waals surface area (Å²) < 4.78 is 10.6. The lowest BCUT2D eigenvalue weighted by Gasteiger charge is -1.95. The summed E-state index contributed by atoms with van der Waals surface area (Å²) in [6.07, 6.45) is 3.03. The molecular weight excluding hydrogens is 111 g/mol. The zero-order chi connectivity index (χ0) is 5.33. The third-order valence-electron chi connectivity index (χ3n) is 1.27. The third kappa shape index (κ3) is 1.29. The van der Waals surface area contributed by atoms with E-state index in [1.807, 2.05) is 0 Å². The predicted octanol–water partition coefficient (Wildman–Crippen LogP) is 1.05. The lowest BCUT2D eigenvalue weighted by molar-refractivity contribution is 0.485. The number of hydrogen-bond donors (Lipinski definition) is 1. The molecule has 0 aromatic rings. The molecule has 1 aliphatic heterocycles. The Morgan fingerprint density at radius 2 is 1.71 bits per heavy atom. The maximum atomic E-state index is 10.6. The molecule has 0 aromatic heterocycles. The minimum absolute atomic E-state index is 0.562. The first-order chi connectivity index (χ1) is 3.21. The fourth-order valence-electron chi connectivity index (χ4n) is 0.830. The molecule has 1 saturated heterocycles. The van der Waals surface area contributed by atoms with Crippen molar-refractivity contribution in [1.82, 2.24) is 0 Å². The summed E-state index contributed by atoms with van der Waals surface area (Å²) in [5.41, 5.74) is 0. The van der Waals surface area contributed by atoms with E-state index in [4.69, 9.17) is 4.89 Å². The molecule has 42 valence electrons. The summed E-state index contributed by atoms with van der Waals surface area (Å²) in [4.78, 5) is 8.75. The highest BCUT2D eigenvalue weighted by Gasteiger charge is 2.22. The summed E-state index contributed by atoms with van der Waals surface area (Å²) in [5, 5.41) is 0. The van der Waals surface area contributed by atoms with Gasteiger partial charge in [-0.1, -0.05) is 0 Å². The Bertz CT molecular complexity index is 100. The molecule has 1 rings (SSSR count). The van der Waals surface area contributed by atoms with Crippen molar-refractivity contribution >= 4 is 7.37 Å². The predicted molar refractivity (Wildman–Crippen MR) is 28.8 cm³/mol. The Balaban J connectivity index is 2.57. The molecule has 0 aliphatic carbocycles. The topological polar surface area (TPSA) is 37.3 Å².